The third-order valence-electron chi connectivity index (χ3n) is 4.51. The molecule has 2 aromatic rings. The van der Waals surface area contributed by atoms with E-state index in [2.05, 4.69) is 5.32 Å². The zero-order valence-corrected chi connectivity index (χ0v) is 17.4. The molecule has 146 valence electrons. The molecular weight excluding hydrogens is 404 g/mol. The van der Waals surface area contributed by atoms with Gasteiger partial charge in [0.2, 0.25) is 5.91 Å². The van der Waals surface area contributed by atoms with Crippen LogP contribution in [0, 0.1) is 0 Å². The van der Waals surface area contributed by atoms with Crippen molar-refractivity contribution in [2.75, 3.05) is 19.6 Å². The van der Waals surface area contributed by atoms with E-state index in [4.69, 9.17) is 11.6 Å². The van der Waals surface area contributed by atoms with Gasteiger partial charge in [-0.05, 0) is 49.1 Å². The van der Waals surface area contributed by atoms with Crippen LogP contribution in [-0.2, 0) is 27.7 Å². The van der Waals surface area contributed by atoms with Gasteiger partial charge in [-0.2, -0.15) is 4.31 Å². The number of thiophene rings is 1. The standard InChI is InChI=1S/C19H23ClN2O3S2/c20-16-6-4-5-15(13-16)9-10-21-18(23)14-17-7-8-19(26-17)27(24,25)22-11-2-1-3-12-22/h4-8,13H,1-3,9-12,14H2,(H,21,23). The van der Waals surface area contributed by atoms with E-state index in [9.17, 15) is 13.2 Å². The molecule has 0 radical (unpaired) electrons. The smallest absolute Gasteiger partial charge is 0.252 e. The van der Waals surface area contributed by atoms with Gasteiger partial charge in [-0.25, -0.2) is 8.42 Å². The summed E-state index contributed by atoms with van der Waals surface area (Å²) < 4.78 is 27.2. The Morgan fingerprint density at radius 3 is 2.67 bits per heavy atom. The highest BCUT2D eigenvalue weighted by molar-refractivity contribution is 7.91. The van der Waals surface area contributed by atoms with Crippen LogP contribution in [0.1, 0.15) is 29.7 Å². The van der Waals surface area contributed by atoms with Gasteiger partial charge >= 0.3 is 0 Å². The minimum Gasteiger partial charge on any atom is -0.355 e. The normalized spacial score (nSPS) is 15.6. The van der Waals surface area contributed by atoms with Crippen molar-refractivity contribution in [2.45, 2.75) is 36.3 Å². The predicted octanol–water partition coefficient (Wildman–Crippen LogP) is 3.48. The summed E-state index contributed by atoms with van der Waals surface area (Å²) in [5.41, 5.74) is 1.06. The molecule has 3 rings (SSSR count). The lowest BCUT2D eigenvalue weighted by molar-refractivity contribution is -0.120. The topological polar surface area (TPSA) is 66.5 Å². The van der Waals surface area contributed by atoms with Crippen molar-refractivity contribution in [3.8, 4) is 0 Å². The zero-order chi connectivity index (χ0) is 19.3. The van der Waals surface area contributed by atoms with Gasteiger partial charge in [0.05, 0.1) is 6.42 Å². The molecule has 1 saturated heterocycles. The minimum atomic E-state index is -3.43. The van der Waals surface area contributed by atoms with Crippen LogP contribution in [0.25, 0.3) is 0 Å². The van der Waals surface area contributed by atoms with Crippen LogP contribution in [0.15, 0.2) is 40.6 Å². The molecule has 8 heteroatoms. The van der Waals surface area contributed by atoms with E-state index < -0.39 is 10.0 Å². The number of amides is 1. The summed E-state index contributed by atoms with van der Waals surface area (Å²) in [6, 6.07) is 10.9. The fraction of sp³-hybridized carbons (Fsp3) is 0.421. The molecule has 0 spiro atoms. The SMILES string of the molecule is O=C(Cc1ccc(S(=O)(=O)N2CCCCC2)s1)NCCc1cccc(Cl)c1. The van der Waals surface area contributed by atoms with Gasteiger partial charge in [0, 0.05) is 29.5 Å². The average Bonchev–Trinajstić information content (AvgIpc) is 3.12. The predicted molar refractivity (Wildman–Crippen MR) is 109 cm³/mol. The van der Waals surface area contributed by atoms with E-state index in [1.807, 2.05) is 24.3 Å². The molecule has 1 N–H and O–H groups in total. The van der Waals surface area contributed by atoms with E-state index >= 15 is 0 Å². The van der Waals surface area contributed by atoms with Crippen LogP contribution in [-0.4, -0.2) is 38.3 Å². The summed E-state index contributed by atoms with van der Waals surface area (Å²) >= 11 is 7.14. The van der Waals surface area contributed by atoms with Crippen molar-refractivity contribution in [3.05, 3.63) is 51.9 Å². The lowest BCUT2D eigenvalue weighted by Crippen LogP contribution is -2.35. The van der Waals surface area contributed by atoms with E-state index in [-0.39, 0.29) is 12.3 Å². The number of nitrogens with zero attached hydrogens (tertiary/aromatic N) is 1. The molecule has 1 fully saturated rings. The van der Waals surface area contributed by atoms with Crippen LogP contribution in [0.2, 0.25) is 5.02 Å². The average molecular weight is 427 g/mol. The fourth-order valence-electron chi connectivity index (χ4n) is 3.08. The molecule has 1 aliphatic rings. The Morgan fingerprint density at radius 1 is 1.15 bits per heavy atom. The van der Waals surface area contributed by atoms with Gasteiger partial charge in [-0.15, -0.1) is 11.3 Å². The maximum Gasteiger partial charge on any atom is 0.252 e. The second-order valence-corrected chi connectivity index (χ2v) is 10.4. The van der Waals surface area contributed by atoms with Gasteiger partial charge in [-0.1, -0.05) is 30.2 Å². The van der Waals surface area contributed by atoms with Crippen LogP contribution in [0.4, 0.5) is 0 Å². The number of carbonyl (C=O) groups excluding carboxylic acids is 1. The van der Waals surface area contributed by atoms with Gasteiger partial charge in [0.1, 0.15) is 4.21 Å². The summed E-state index contributed by atoms with van der Waals surface area (Å²) in [7, 11) is -3.43. The van der Waals surface area contributed by atoms with Crippen molar-refractivity contribution >= 4 is 38.9 Å². The molecule has 2 heterocycles. The first-order valence-electron chi connectivity index (χ1n) is 9.05. The third kappa shape index (κ3) is 5.54. The highest BCUT2D eigenvalue weighted by Gasteiger charge is 2.27. The van der Waals surface area contributed by atoms with Crippen molar-refractivity contribution in [3.63, 3.8) is 0 Å². The Bertz CT molecular complexity index is 890. The van der Waals surface area contributed by atoms with Gasteiger partial charge < -0.3 is 5.32 Å². The second kappa shape index (κ2) is 9.19. The number of hydrogen-bond acceptors (Lipinski definition) is 4. The Balaban J connectivity index is 1.51. The summed E-state index contributed by atoms with van der Waals surface area (Å²) in [4.78, 5) is 12.9. The van der Waals surface area contributed by atoms with Crippen molar-refractivity contribution < 1.29 is 13.2 Å². The number of sulfonamides is 1. The molecule has 1 amide bonds. The summed E-state index contributed by atoms with van der Waals surface area (Å²) in [6.07, 6.45) is 3.79. The summed E-state index contributed by atoms with van der Waals surface area (Å²) in [5.74, 6) is -0.110. The number of benzene rings is 1. The Morgan fingerprint density at radius 2 is 1.93 bits per heavy atom. The molecule has 1 aliphatic heterocycles. The maximum absolute atomic E-state index is 12.7. The molecule has 0 atom stereocenters. The van der Waals surface area contributed by atoms with Crippen molar-refractivity contribution in [1.82, 2.24) is 9.62 Å². The van der Waals surface area contributed by atoms with Gasteiger partial charge in [0.15, 0.2) is 0 Å². The maximum atomic E-state index is 12.7. The summed E-state index contributed by atoms with van der Waals surface area (Å²) in [5, 5.41) is 3.56. The van der Waals surface area contributed by atoms with E-state index in [1.54, 1.807) is 16.4 Å². The first-order chi connectivity index (χ1) is 12.9. The Labute approximate surface area is 169 Å². The minimum absolute atomic E-state index is 0.110. The van der Waals surface area contributed by atoms with E-state index in [0.29, 0.717) is 35.3 Å². The van der Waals surface area contributed by atoms with Crippen LogP contribution in [0.5, 0.6) is 0 Å². The Hall–Kier alpha value is -1.41. The van der Waals surface area contributed by atoms with E-state index in [1.165, 1.54) is 11.3 Å². The molecular formula is C19H23ClN2O3S2. The first-order valence-corrected chi connectivity index (χ1v) is 11.7. The highest BCUT2D eigenvalue weighted by atomic mass is 35.5. The number of halogens is 1. The molecule has 1 aromatic carbocycles. The van der Waals surface area contributed by atoms with Gasteiger partial charge in [-0.3, -0.25) is 4.79 Å². The molecule has 0 saturated carbocycles. The first kappa shape index (κ1) is 20.3. The van der Waals surface area contributed by atoms with Gasteiger partial charge in [0.25, 0.3) is 10.0 Å². The third-order valence-corrected chi connectivity index (χ3v) is 8.19. The quantitative estimate of drug-likeness (QED) is 0.737. The molecule has 0 unspecified atom stereocenters. The number of piperidine rings is 1. The summed E-state index contributed by atoms with van der Waals surface area (Å²) in [6.45, 7) is 1.68. The Kier molecular flexibility index (Phi) is 6.92. The molecule has 0 aliphatic carbocycles. The zero-order valence-electron chi connectivity index (χ0n) is 15.0. The number of nitrogens with one attached hydrogen (secondary N) is 1. The number of rotatable bonds is 7. The number of hydrogen-bond donors (Lipinski definition) is 1. The van der Waals surface area contributed by atoms with E-state index in [0.717, 1.165) is 29.7 Å². The largest absolute Gasteiger partial charge is 0.355 e. The second-order valence-electron chi connectivity index (χ2n) is 6.59. The molecule has 0 bridgehead atoms. The fourth-order valence-corrected chi connectivity index (χ4v) is 6.32. The van der Waals surface area contributed by atoms with Crippen LogP contribution in [0.3, 0.4) is 0 Å². The highest BCUT2D eigenvalue weighted by Crippen LogP contribution is 2.27. The molecule has 1 aromatic heterocycles. The van der Waals surface area contributed by atoms with Crippen molar-refractivity contribution in [2.24, 2.45) is 0 Å². The monoisotopic (exact) mass is 426 g/mol. The number of carbonyl (C=O) groups is 1. The van der Waals surface area contributed by atoms with Crippen LogP contribution < -0.4 is 5.32 Å². The molecule has 5 nitrogen and oxygen atoms in total. The molecule has 27 heavy (non-hydrogen) atoms. The van der Waals surface area contributed by atoms with Crippen LogP contribution >= 0.6 is 22.9 Å². The lowest BCUT2D eigenvalue weighted by Gasteiger charge is -2.25. The lowest BCUT2D eigenvalue weighted by atomic mass is 10.1. The van der Waals surface area contributed by atoms with Crippen molar-refractivity contribution in [1.29, 1.82) is 0 Å².